The number of rotatable bonds is 1. The van der Waals surface area contributed by atoms with Gasteiger partial charge in [-0.05, 0) is 37.5 Å². The minimum absolute atomic E-state index is 0.0133. The molecular weight excluding hydrogens is 214 g/mol. The highest BCUT2D eigenvalue weighted by Crippen LogP contribution is 2.26. The van der Waals surface area contributed by atoms with E-state index in [0.29, 0.717) is 22.9 Å². The molecule has 0 saturated carbocycles. The molecule has 0 spiro atoms. The zero-order valence-electron chi connectivity index (χ0n) is 10.3. The van der Waals surface area contributed by atoms with E-state index in [1.807, 2.05) is 4.90 Å². The van der Waals surface area contributed by atoms with Gasteiger partial charge in [-0.2, -0.15) is 0 Å². The summed E-state index contributed by atoms with van der Waals surface area (Å²) in [5.74, 6) is 0.573. The van der Waals surface area contributed by atoms with Crippen LogP contribution in [0.2, 0.25) is 0 Å². The topological polar surface area (TPSA) is 72.3 Å². The van der Waals surface area contributed by atoms with Gasteiger partial charge in [-0.3, -0.25) is 4.79 Å². The number of likely N-dealkylation sites (tertiary alicyclic amines) is 1. The molecule has 0 aliphatic carbocycles. The first-order valence-corrected chi connectivity index (χ1v) is 5.95. The molecule has 2 rings (SSSR count). The largest absolute Gasteiger partial charge is 0.399 e. The molecule has 1 aromatic carbocycles. The zero-order chi connectivity index (χ0) is 12.6. The third-order valence-electron chi connectivity index (χ3n) is 3.35. The molecule has 2 unspecified atom stereocenters. The third-order valence-corrected chi connectivity index (χ3v) is 3.35. The van der Waals surface area contributed by atoms with Crippen LogP contribution in [-0.2, 0) is 0 Å². The maximum absolute atomic E-state index is 12.3. The number of amides is 1. The molecule has 1 saturated heterocycles. The Hall–Kier alpha value is -1.71. The molecule has 4 N–H and O–H groups in total. The van der Waals surface area contributed by atoms with Crippen molar-refractivity contribution in [3.05, 3.63) is 23.8 Å². The first-order valence-electron chi connectivity index (χ1n) is 5.95. The van der Waals surface area contributed by atoms with Gasteiger partial charge in [0.25, 0.3) is 5.91 Å². The number of carbonyl (C=O) groups is 1. The lowest BCUT2D eigenvalue weighted by Gasteiger charge is -2.22. The summed E-state index contributed by atoms with van der Waals surface area (Å²) >= 11 is 0. The summed E-state index contributed by atoms with van der Waals surface area (Å²) in [5, 5.41) is 0. The summed E-state index contributed by atoms with van der Waals surface area (Å²) < 4.78 is 0. The second-order valence-electron chi connectivity index (χ2n) is 4.99. The van der Waals surface area contributed by atoms with Crippen LogP contribution in [0.1, 0.15) is 30.6 Å². The summed E-state index contributed by atoms with van der Waals surface area (Å²) in [6, 6.07) is 5.35. The Bertz CT molecular complexity index is 444. The third kappa shape index (κ3) is 2.20. The molecule has 1 heterocycles. The molecule has 0 bridgehead atoms. The van der Waals surface area contributed by atoms with Crippen LogP contribution in [0, 0.1) is 5.92 Å². The predicted molar refractivity (Wildman–Crippen MR) is 69.5 cm³/mol. The normalized spacial score (nSPS) is 24.0. The molecule has 17 heavy (non-hydrogen) atoms. The molecule has 1 amide bonds. The van der Waals surface area contributed by atoms with Crippen LogP contribution >= 0.6 is 0 Å². The monoisotopic (exact) mass is 233 g/mol. The van der Waals surface area contributed by atoms with Crippen molar-refractivity contribution in [2.75, 3.05) is 18.0 Å². The lowest BCUT2D eigenvalue weighted by atomic mass is 10.1. The van der Waals surface area contributed by atoms with Crippen molar-refractivity contribution in [1.82, 2.24) is 4.90 Å². The standard InChI is InChI=1S/C13H19N3O/c1-8-5-9(2)16(7-8)13(17)11-4-3-10(14)6-12(11)15/h3-4,6,8-9H,5,7,14-15H2,1-2H3. The Kier molecular flexibility index (Phi) is 2.96. The Labute approximate surface area is 102 Å². The molecule has 92 valence electrons. The van der Waals surface area contributed by atoms with Gasteiger partial charge in [-0.25, -0.2) is 0 Å². The molecule has 0 radical (unpaired) electrons. The number of anilines is 2. The first-order chi connectivity index (χ1) is 7.99. The van der Waals surface area contributed by atoms with Gasteiger partial charge in [0, 0.05) is 24.0 Å². The summed E-state index contributed by atoms with van der Waals surface area (Å²) in [6.07, 6.45) is 1.06. The van der Waals surface area contributed by atoms with Crippen LogP contribution < -0.4 is 11.5 Å². The summed E-state index contributed by atoms with van der Waals surface area (Å²) in [5.41, 5.74) is 13.1. The fourth-order valence-corrected chi connectivity index (χ4v) is 2.51. The lowest BCUT2D eigenvalue weighted by Crippen LogP contribution is -2.34. The van der Waals surface area contributed by atoms with E-state index in [0.717, 1.165) is 13.0 Å². The van der Waals surface area contributed by atoms with Gasteiger partial charge in [-0.15, -0.1) is 0 Å². The highest BCUT2D eigenvalue weighted by Gasteiger charge is 2.31. The quantitative estimate of drug-likeness (QED) is 0.725. The molecule has 4 heteroatoms. The minimum Gasteiger partial charge on any atom is -0.399 e. The number of hydrogen-bond acceptors (Lipinski definition) is 3. The van der Waals surface area contributed by atoms with E-state index in [9.17, 15) is 4.79 Å². The van der Waals surface area contributed by atoms with E-state index in [4.69, 9.17) is 11.5 Å². The zero-order valence-corrected chi connectivity index (χ0v) is 10.3. The van der Waals surface area contributed by atoms with E-state index >= 15 is 0 Å². The van der Waals surface area contributed by atoms with Crippen molar-refractivity contribution < 1.29 is 4.79 Å². The summed E-state index contributed by atoms with van der Waals surface area (Å²) in [6.45, 7) is 5.05. The smallest absolute Gasteiger partial charge is 0.256 e. The Balaban J connectivity index is 2.25. The number of nitrogen functional groups attached to an aromatic ring is 2. The van der Waals surface area contributed by atoms with Gasteiger partial charge in [0.15, 0.2) is 0 Å². The molecule has 1 fully saturated rings. The van der Waals surface area contributed by atoms with Crippen molar-refractivity contribution in [1.29, 1.82) is 0 Å². The molecule has 0 aromatic heterocycles. The number of carbonyl (C=O) groups excluding carboxylic acids is 1. The first kappa shape index (κ1) is 11.8. The second kappa shape index (κ2) is 4.28. The van der Waals surface area contributed by atoms with E-state index in [2.05, 4.69) is 13.8 Å². The highest BCUT2D eigenvalue weighted by atomic mass is 16.2. The van der Waals surface area contributed by atoms with Gasteiger partial charge in [0.1, 0.15) is 0 Å². The van der Waals surface area contributed by atoms with Crippen molar-refractivity contribution in [3.8, 4) is 0 Å². The van der Waals surface area contributed by atoms with Crippen LogP contribution in [-0.4, -0.2) is 23.4 Å². The Morgan fingerprint density at radius 3 is 2.59 bits per heavy atom. The molecule has 2 atom stereocenters. The van der Waals surface area contributed by atoms with E-state index in [1.165, 1.54) is 0 Å². The number of benzene rings is 1. The fourth-order valence-electron chi connectivity index (χ4n) is 2.51. The predicted octanol–water partition coefficient (Wildman–Crippen LogP) is 1.72. The number of nitrogens with zero attached hydrogens (tertiary/aromatic N) is 1. The molecule has 1 aliphatic heterocycles. The van der Waals surface area contributed by atoms with Gasteiger partial charge in [0.2, 0.25) is 0 Å². The average molecular weight is 233 g/mol. The van der Waals surface area contributed by atoms with Crippen molar-refractivity contribution in [2.24, 2.45) is 5.92 Å². The summed E-state index contributed by atoms with van der Waals surface area (Å²) in [4.78, 5) is 14.2. The lowest BCUT2D eigenvalue weighted by molar-refractivity contribution is 0.0745. The van der Waals surface area contributed by atoms with E-state index in [-0.39, 0.29) is 11.9 Å². The van der Waals surface area contributed by atoms with Crippen LogP contribution in [0.3, 0.4) is 0 Å². The summed E-state index contributed by atoms with van der Waals surface area (Å²) in [7, 11) is 0. The SMILES string of the molecule is CC1CC(C)N(C(=O)c2ccc(N)cc2N)C1. The molecule has 1 aliphatic rings. The van der Waals surface area contributed by atoms with Crippen LogP contribution in [0.25, 0.3) is 0 Å². The van der Waals surface area contributed by atoms with Crippen molar-refractivity contribution in [3.63, 3.8) is 0 Å². The fraction of sp³-hybridized carbons (Fsp3) is 0.462. The number of hydrogen-bond donors (Lipinski definition) is 2. The van der Waals surface area contributed by atoms with E-state index in [1.54, 1.807) is 18.2 Å². The van der Waals surface area contributed by atoms with Gasteiger partial charge in [0.05, 0.1) is 5.56 Å². The van der Waals surface area contributed by atoms with Gasteiger partial charge < -0.3 is 16.4 Å². The average Bonchev–Trinajstić information content (AvgIpc) is 2.57. The Morgan fingerprint density at radius 2 is 2.06 bits per heavy atom. The highest BCUT2D eigenvalue weighted by molar-refractivity contribution is 6.00. The van der Waals surface area contributed by atoms with E-state index < -0.39 is 0 Å². The van der Waals surface area contributed by atoms with Gasteiger partial charge >= 0.3 is 0 Å². The van der Waals surface area contributed by atoms with Crippen molar-refractivity contribution in [2.45, 2.75) is 26.3 Å². The molecule has 1 aromatic rings. The van der Waals surface area contributed by atoms with Crippen LogP contribution in [0.4, 0.5) is 11.4 Å². The minimum atomic E-state index is 0.0133. The second-order valence-corrected chi connectivity index (χ2v) is 4.99. The van der Waals surface area contributed by atoms with Gasteiger partial charge in [-0.1, -0.05) is 6.92 Å². The number of nitrogens with two attached hydrogens (primary N) is 2. The maximum atomic E-state index is 12.3. The van der Waals surface area contributed by atoms with Crippen LogP contribution in [0.15, 0.2) is 18.2 Å². The molecular formula is C13H19N3O. The van der Waals surface area contributed by atoms with Crippen molar-refractivity contribution >= 4 is 17.3 Å². The maximum Gasteiger partial charge on any atom is 0.256 e. The van der Waals surface area contributed by atoms with Crippen LogP contribution in [0.5, 0.6) is 0 Å². The molecule has 4 nitrogen and oxygen atoms in total. The Morgan fingerprint density at radius 1 is 1.35 bits per heavy atom.